The van der Waals surface area contributed by atoms with Crippen molar-refractivity contribution in [3.63, 3.8) is 0 Å². The molecule has 5 nitrogen and oxygen atoms in total. The summed E-state index contributed by atoms with van der Waals surface area (Å²) in [4.78, 5) is 0. The van der Waals surface area contributed by atoms with Gasteiger partial charge in [-0.25, -0.2) is 0 Å². The van der Waals surface area contributed by atoms with Crippen molar-refractivity contribution in [2.75, 3.05) is 13.7 Å². The maximum absolute atomic E-state index is 5.63. The average molecular weight is 225 g/mol. The number of hydrogen-bond acceptors (Lipinski definition) is 5. The van der Waals surface area contributed by atoms with Crippen molar-refractivity contribution in [1.82, 2.24) is 15.5 Å². The number of aromatic nitrogens is 2. The average Bonchev–Trinajstić information content (AvgIpc) is 2.78. The first-order chi connectivity index (χ1) is 7.79. The quantitative estimate of drug-likeness (QED) is 0.840. The standard InChI is InChI=1S/C11H19N3O2/c1-8(12-2)11-14-13-10(16-11)7-9-5-3-4-6-15-9/h8-9,12H,3-7H2,1-2H3. The highest BCUT2D eigenvalue weighted by atomic mass is 16.5. The molecule has 0 amide bonds. The second kappa shape index (κ2) is 5.41. The zero-order chi connectivity index (χ0) is 11.4. The molecule has 1 saturated heterocycles. The minimum Gasteiger partial charge on any atom is -0.423 e. The molecule has 2 unspecified atom stereocenters. The third-order valence-electron chi connectivity index (χ3n) is 2.96. The molecule has 2 rings (SSSR count). The topological polar surface area (TPSA) is 60.2 Å². The van der Waals surface area contributed by atoms with Crippen LogP contribution in [0.1, 0.15) is 44.0 Å². The molecular formula is C11H19N3O2. The fraction of sp³-hybridized carbons (Fsp3) is 0.818. The first-order valence-electron chi connectivity index (χ1n) is 5.90. The Morgan fingerprint density at radius 1 is 1.44 bits per heavy atom. The van der Waals surface area contributed by atoms with Crippen LogP contribution in [0.25, 0.3) is 0 Å². The van der Waals surface area contributed by atoms with E-state index in [0.29, 0.717) is 11.8 Å². The Labute approximate surface area is 95.6 Å². The Kier molecular flexibility index (Phi) is 3.90. The van der Waals surface area contributed by atoms with Crippen molar-refractivity contribution in [3.8, 4) is 0 Å². The molecule has 90 valence electrons. The van der Waals surface area contributed by atoms with Crippen molar-refractivity contribution >= 4 is 0 Å². The lowest BCUT2D eigenvalue weighted by Gasteiger charge is -2.20. The molecule has 0 aliphatic carbocycles. The predicted octanol–water partition coefficient (Wildman–Crippen LogP) is 1.46. The molecule has 0 radical (unpaired) electrons. The van der Waals surface area contributed by atoms with Gasteiger partial charge in [-0.2, -0.15) is 0 Å². The van der Waals surface area contributed by atoms with Crippen molar-refractivity contribution in [2.24, 2.45) is 0 Å². The van der Waals surface area contributed by atoms with E-state index in [2.05, 4.69) is 15.5 Å². The molecule has 2 atom stereocenters. The molecule has 0 bridgehead atoms. The number of nitrogens with zero attached hydrogens (tertiary/aromatic N) is 2. The lowest BCUT2D eigenvalue weighted by molar-refractivity contribution is 0.0130. The smallest absolute Gasteiger partial charge is 0.233 e. The Morgan fingerprint density at radius 3 is 3.00 bits per heavy atom. The van der Waals surface area contributed by atoms with Crippen molar-refractivity contribution in [3.05, 3.63) is 11.8 Å². The van der Waals surface area contributed by atoms with E-state index in [4.69, 9.17) is 9.15 Å². The van der Waals surface area contributed by atoms with Gasteiger partial charge in [-0.05, 0) is 33.2 Å². The third-order valence-corrected chi connectivity index (χ3v) is 2.96. The van der Waals surface area contributed by atoms with Gasteiger partial charge in [0, 0.05) is 6.61 Å². The van der Waals surface area contributed by atoms with Gasteiger partial charge in [0.2, 0.25) is 11.8 Å². The van der Waals surface area contributed by atoms with Gasteiger partial charge < -0.3 is 14.5 Å². The van der Waals surface area contributed by atoms with E-state index < -0.39 is 0 Å². The molecule has 1 N–H and O–H groups in total. The zero-order valence-corrected chi connectivity index (χ0v) is 9.90. The molecule has 1 aliphatic rings. The van der Waals surface area contributed by atoms with Gasteiger partial charge in [0.1, 0.15) is 0 Å². The van der Waals surface area contributed by atoms with Crippen LogP contribution in [0, 0.1) is 0 Å². The van der Waals surface area contributed by atoms with Crippen LogP contribution in [0.5, 0.6) is 0 Å². The van der Waals surface area contributed by atoms with Gasteiger partial charge in [-0.1, -0.05) is 0 Å². The van der Waals surface area contributed by atoms with Crippen LogP contribution in [0.15, 0.2) is 4.42 Å². The minimum absolute atomic E-state index is 0.105. The molecule has 16 heavy (non-hydrogen) atoms. The first-order valence-corrected chi connectivity index (χ1v) is 5.90. The SMILES string of the molecule is CNC(C)c1nnc(CC2CCCCO2)o1. The van der Waals surface area contributed by atoms with Crippen LogP contribution in [0.4, 0.5) is 0 Å². The van der Waals surface area contributed by atoms with E-state index in [0.717, 1.165) is 19.4 Å². The second-order valence-electron chi connectivity index (χ2n) is 4.24. The van der Waals surface area contributed by atoms with E-state index in [1.165, 1.54) is 12.8 Å². The molecule has 2 heterocycles. The van der Waals surface area contributed by atoms with E-state index in [-0.39, 0.29) is 12.1 Å². The second-order valence-corrected chi connectivity index (χ2v) is 4.24. The summed E-state index contributed by atoms with van der Waals surface area (Å²) in [6, 6.07) is 0.105. The van der Waals surface area contributed by atoms with Crippen LogP contribution in [-0.4, -0.2) is 30.0 Å². The van der Waals surface area contributed by atoms with Crippen molar-refractivity contribution in [1.29, 1.82) is 0 Å². The lowest BCUT2D eigenvalue weighted by atomic mass is 10.1. The van der Waals surface area contributed by atoms with Crippen molar-refractivity contribution in [2.45, 2.75) is 44.8 Å². The molecule has 1 aromatic heterocycles. The molecule has 0 saturated carbocycles. The maximum Gasteiger partial charge on any atom is 0.233 e. The first kappa shape index (κ1) is 11.5. The van der Waals surface area contributed by atoms with E-state index in [1.807, 2.05) is 14.0 Å². The molecule has 0 spiro atoms. The minimum atomic E-state index is 0.105. The van der Waals surface area contributed by atoms with Gasteiger partial charge in [0.15, 0.2) is 0 Å². The maximum atomic E-state index is 5.63. The van der Waals surface area contributed by atoms with Gasteiger partial charge in [0.25, 0.3) is 0 Å². The Hall–Kier alpha value is -0.940. The van der Waals surface area contributed by atoms with Gasteiger partial charge in [-0.3, -0.25) is 0 Å². The fourth-order valence-electron chi connectivity index (χ4n) is 1.81. The van der Waals surface area contributed by atoms with Crippen molar-refractivity contribution < 1.29 is 9.15 Å². The normalized spacial score (nSPS) is 23.2. The Balaban J connectivity index is 1.91. The molecule has 5 heteroatoms. The molecule has 1 aliphatic heterocycles. The molecule has 0 aromatic carbocycles. The van der Waals surface area contributed by atoms with Crippen LogP contribution >= 0.6 is 0 Å². The van der Waals surface area contributed by atoms with E-state index in [1.54, 1.807) is 0 Å². The van der Waals surface area contributed by atoms with E-state index >= 15 is 0 Å². The Bertz CT molecular complexity index is 321. The summed E-state index contributed by atoms with van der Waals surface area (Å²) < 4.78 is 11.2. The number of rotatable bonds is 4. The van der Waals surface area contributed by atoms with Gasteiger partial charge in [-0.15, -0.1) is 10.2 Å². The molecule has 1 aromatic rings. The zero-order valence-electron chi connectivity index (χ0n) is 9.90. The summed E-state index contributed by atoms with van der Waals surface area (Å²) in [5, 5.41) is 11.1. The number of ether oxygens (including phenoxy) is 1. The number of nitrogens with one attached hydrogen (secondary N) is 1. The van der Waals surface area contributed by atoms with E-state index in [9.17, 15) is 0 Å². The third kappa shape index (κ3) is 2.80. The summed E-state index contributed by atoms with van der Waals surface area (Å²) >= 11 is 0. The van der Waals surface area contributed by atoms with Gasteiger partial charge >= 0.3 is 0 Å². The van der Waals surface area contributed by atoms with Crippen LogP contribution < -0.4 is 5.32 Å². The monoisotopic (exact) mass is 225 g/mol. The summed E-state index contributed by atoms with van der Waals surface area (Å²) in [7, 11) is 1.87. The summed E-state index contributed by atoms with van der Waals surface area (Å²) in [6.45, 7) is 2.85. The fourth-order valence-corrected chi connectivity index (χ4v) is 1.81. The predicted molar refractivity (Wildman–Crippen MR) is 59.1 cm³/mol. The van der Waals surface area contributed by atoms with Crippen LogP contribution in [0.2, 0.25) is 0 Å². The van der Waals surface area contributed by atoms with Crippen LogP contribution in [-0.2, 0) is 11.2 Å². The summed E-state index contributed by atoms with van der Waals surface area (Å²) in [5.74, 6) is 1.33. The summed E-state index contributed by atoms with van der Waals surface area (Å²) in [6.07, 6.45) is 4.50. The molecule has 1 fully saturated rings. The number of hydrogen-bond donors (Lipinski definition) is 1. The van der Waals surface area contributed by atoms with Crippen LogP contribution in [0.3, 0.4) is 0 Å². The Morgan fingerprint density at radius 2 is 2.31 bits per heavy atom. The molecular weight excluding hydrogens is 206 g/mol. The highest BCUT2D eigenvalue weighted by Crippen LogP contribution is 2.18. The van der Waals surface area contributed by atoms with Gasteiger partial charge in [0.05, 0.1) is 18.6 Å². The highest BCUT2D eigenvalue weighted by Gasteiger charge is 2.19. The lowest BCUT2D eigenvalue weighted by Crippen LogP contribution is -2.21. The highest BCUT2D eigenvalue weighted by molar-refractivity contribution is 4.89. The summed E-state index contributed by atoms with van der Waals surface area (Å²) in [5.41, 5.74) is 0. The largest absolute Gasteiger partial charge is 0.423 e.